The second-order valence-corrected chi connectivity index (χ2v) is 6.57. The molecule has 1 heterocycles. The number of rotatable bonds is 4. The van der Waals surface area contributed by atoms with Crippen molar-refractivity contribution in [3.8, 4) is 11.6 Å². The van der Waals surface area contributed by atoms with Crippen molar-refractivity contribution in [3.05, 3.63) is 77.6 Å². The lowest BCUT2D eigenvalue weighted by molar-refractivity contribution is 0.465. The molecule has 0 saturated heterocycles. The Labute approximate surface area is 161 Å². The van der Waals surface area contributed by atoms with E-state index in [0.717, 1.165) is 22.0 Å². The van der Waals surface area contributed by atoms with Gasteiger partial charge in [0.2, 0.25) is 5.88 Å². The first-order valence-electron chi connectivity index (χ1n) is 8.40. The van der Waals surface area contributed by atoms with Gasteiger partial charge in [-0.15, -0.1) is 0 Å². The van der Waals surface area contributed by atoms with Crippen molar-refractivity contribution in [1.29, 1.82) is 0 Å². The lowest BCUT2D eigenvalue weighted by atomic mass is 10.1. The average Bonchev–Trinajstić information content (AvgIpc) is 2.68. The Kier molecular flexibility index (Phi) is 4.52. The minimum absolute atomic E-state index is 0.294. The highest BCUT2D eigenvalue weighted by molar-refractivity contribution is 6.30. The minimum Gasteiger partial charge on any atom is -0.437 e. The van der Waals surface area contributed by atoms with Crippen LogP contribution in [-0.4, -0.2) is 9.97 Å². The summed E-state index contributed by atoms with van der Waals surface area (Å²) in [6.07, 6.45) is 1.41. The van der Waals surface area contributed by atoms with Gasteiger partial charge in [0.05, 0.1) is 0 Å². The Hall–Kier alpha value is -3.31. The Morgan fingerprint density at radius 1 is 0.963 bits per heavy atom. The van der Waals surface area contributed by atoms with Crippen LogP contribution in [-0.2, 0) is 0 Å². The van der Waals surface area contributed by atoms with Gasteiger partial charge in [0, 0.05) is 10.7 Å². The van der Waals surface area contributed by atoms with E-state index in [0.29, 0.717) is 28.2 Å². The molecule has 1 aromatic heterocycles. The molecule has 0 aliphatic carbocycles. The first kappa shape index (κ1) is 17.1. The Morgan fingerprint density at radius 3 is 2.63 bits per heavy atom. The van der Waals surface area contributed by atoms with Gasteiger partial charge < -0.3 is 15.8 Å². The molecule has 0 unspecified atom stereocenters. The van der Waals surface area contributed by atoms with E-state index in [1.165, 1.54) is 6.33 Å². The van der Waals surface area contributed by atoms with Crippen molar-refractivity contribution < 1.29 is 4.74 Å². The van der Waals surface area contributed by atoms with E-state index in [2.05, 4.69) is 15.3 Å². The molecule has 0 fully saturated rings. The number of halogens is 1. The number of ether oxygens (including phenoxy) is 1. The molecule has 0 aliphatic rings. The van der Waals surface area contributed by atoms with Gasteiger partial charge in [0.15, 0.2) is 5.82 Å². The second-order valence-electron chi connectivity index (χ2n) is 6.14. The predicted molar refractivity (Wildman–Crippen MR) is 110 cm³/mol. The number of fused-ring (bicyclic) bond motifs is 1. The predicted octanol–water partition coefficient (Wildman–Crippen LogP) is 5.71. The van der Waals surface area contributed by atoms with Crippen LogP contribution in [0, 0.1) is 6.92 Å². The van der Waals surface area contributed by atoms with Crippen LogP contribution in [0.1, 0.15) is 5.56 Å². The van der Waals surface area contributed by atoms with E-state index >= 15 is 0 Å². The lowest BCUT2D eigenvalue weighted by Gasteiger charge is -2.13. The third-order valence-electron chi connectivity index (χ3n) is 4.24. The monoisotopic (exact) mass is 376 g/mol. The molecular weight excluding hydrogens is 360 g/mol. The second kappa shape index (κ2) is 7.13. The van der Waals surface area contributed by atoms with E-state index in [4.69, 9.17) is 22.1 Å². The average molecular weight is 377 g/mol. The van der Waals surface area contributed by atoms with E-state index in [-0.39, 0.29) is 0 Å². The number of nitrogens with two attached hydrogens (primary N) is 1. The van der Waals surface area contributed by atoms with Crippen LogP contribution < -0.4 is 15.8 Å². The number of nitrogens with zero attached hydrogens (tertiary/aromatic N) is 2. The standard InChI is InChI=1S/C21H17ClN4O/c1-13-6-8-16(22)11-18(13)26-20-19(23)21(25-12-24-20)27-17-9-7-14-4-2-3-5-15(14)10-17/h2-12H,23H2,1H3,(H,24,25,26). The van der Waals surface area contributed by atoms with Gasteiger partial charge in [-0.1, -0.05) is 48.0 Å². The Balaban J connectivity index is 1.64. The minimum atomic E-state index is 0.294. The summed E-state index contributed by atoms with van der Waals surface area (Å²) >= 11 is 6.08. The topological polar surface area (TPSA) is 73.1 Å². The molecule has 0 radical (unpaired) electrons. The summed E-state index contributed by atoms with van der Waals surface area (Å²) in [6, 6.07) is 19.5. The molecule has 0 saturated carbocycles. The molecule has 4 rings (SSSR count). The maximum absolute atomic E-state index is 6.23. The van der Waals surface area contributed by atoms with E-state index in [9.17, 15) is 0 Å². The number of hydrogen-bond acceptors (Lipinski definition) is 5. The van der Waals surface area contributed by atoms with Gasteiger partial charge in [0.1, 0.15) is 17.8 Å². The Morgan fingerprint density at radius 2 is 1.78 bits per heavy atom. The van der Waals surface area contributed by atoms with Crippen LogP contribution in [0.3, 0.4) is 0 Å². The van der Waals surface area contributed by atoms with Crippen molar-refractivity contribution in [2.45, 2.75) is 6.92 Å². The SMILES string of the molecule is Cc1ccc(Cl)cc1Nc1ncnc(Oc2ccc3ccccc3c2)c1N. The van der Waals surface area contributed by atoms with Gasteiger partial charge in [-0.3, -0.25) is 0 Å². The number of benzene rings is 3. The molecule has 4 aromatic rings. The van der Waals surface area contributed by atoms with E-state index < -0.39 is 0 Å². The maximum atomic E-state index is 6.23. The largest absolute Gasteiger partial charge is 0.437 e. The fourth-order valence-electron chi connectivity index (χ4n) is 2.76. The summed E-state index contributed by atoms with van der Waals surface area (Å²) in [7, 11) is 0. The number of nitrogens with one attached hydrogen (secondary N) is 1. The van der Waals surface area contributed by atoms with Crippen LogP contribution in [0.5, 0.6) is 11.6 Å². The number of aryl methyl sites for hydroxylation is 1. The zero-order valence-corrected chi connectivity index (χ0v) is 15.4. The normalized spacial score (nSPS) is 10.7. The van der Waals surface area contributed by atoms with Crippen LogP contribution in [0.15, 0.2) is 67.0 Å². The fourth-order valence-corrected chi connectivity index (χ4v) is 2.93. The molecule has 3 N–H and O–H groups in total. The summed E-state index contributed by atoms with van der Waals surface area (Å²) < 4.78 is 5.91. The van der Waals surface area contributed by atoms with Crippen LogP contribution in [0.25, 0.3) is 10.8 Å². The summed E-state index contributed by atoms with van der Waals surface area (Å²) in [5.74, 6) is 1.41. The van der Waals surface area contributed by atoms with Crippen molar-refractivity contribution in [1.82, 2.24) is 9.97 Å². The lowest BCUT2D eigenvalue weighted by Crippen LogP contribution is -2.04. The van der Waals surface area contributed by atoms with Crippen LogP contribution in [0.4, 0.5) is 17.2 Å². The van der Waals surface area contributed by atoms with Gasteiger partial charge >= 0.3 is 0 Å². The maximum Gasteiger partial charge on any atom is 0.248 e. The van der Waals surface area contributed by atoms with Crippen molar-refractivity contribution in [2.24, 2.45) is 0 Å². The van der Waals surface area contributed by atoms with Crippen molar-refractivity contribution in [2.75, 3.05) is 11.1 Å². The molecule has 134 valence electrons. The van der Waals surface area contributed by atoms with E-state index in [1.807, 2.05) is 67.6 Å². The van der Waals surface area contributed by atoms with Gasteiger partial charge in [-0.05, 0) is 47.5 Å². The molecule has 6 heteroatoms. The molecule has 27 heavy (non-hydrogen) atoms. The third kappa shape index (κ3) is 3.64. The van der Waals surface area contributed by atoms with Crippen LogP contribution in [0.2, 0.25) is 5.02 Å². The van der Waals surface area contributed by atoms with Gasteiger partial charge in [-0.2, -0.15) is 4.98 Å². The summed E-state index contributed by atoms with van der Waals surface area (Å²) in [5.41, 5.74) is 8.40. The quantitative estimate of drug-likeness (QED) is 0.477. The molecule has 3 aromatic carbocycles. The first-order valence-corrected chi connectivity index (χ1v) is 8.78. The smallest absolute Gasteiger partial charge is 0.248 e. The van der Waals surface area contributed by atoms with Crippen molar-refractivity contribution >= 4 is 39.6 Å². The van der Waals surface area contributed by atoms with Gasteiger partial charge in [0.25, 0.3) is 0 Å². The number of anilines is 3. The first-order chi connectivity index (χ1) is 13.1. The number of hydrogen-bond donors (Lipinski definition) is 2. The number of nitrogen functional groups attached to an aromatic ring is 1. The molecule has 0 aliphatic heterocycles. The Bertz CT molecular complexity index is 1130. The fraction of sp³-hybridized carbons (Fsp3) is 0.0476. The van der Waals surface area contributed by atoms with Crippen LogP contribution >= 0.6 is 11.6 Å². The number of aromatic nitrogens is 2. The summed E-state index contributed by atoms with van der Waals surface area (Å²) in [5, 5.41) is 6.04. The summed E-state index contributed by atoms with van der Waals surface area (Å²) in [6.45, 7) is 1.97. The highest BCUT2D eigenvalue weighted by Gasteiger charge is 2.12. The zero-order valence-electron chi connectivity index (χ0n) is 14.6. The molecule has 0 atom stereocenters. The zero-order chi connectivity index (χ0) is 18.8. The molecule has 0 bridgehead atoms. The third-order valence-corrected chi connectivity index (χ3v) is 4.47. The highest BCUT2D eigenvalue weighted by Crippen LogP contribution is 2.33. The van der Waals surface area contributed by atoms with Gasteiger partial charge in [-0.25, -0.2) is 4.98 Å². The molecular formula is C21H17ClN4O. The molecule has 0 amide bonds. The molecule has 5 nitrogen and oxygen atoms in total. The highest BCUT2D eigenvalue weighted by atomic mass is 35.5. The molecule has 0 spiro atoms. The van der Waals surface area contributed by atoms with Crippen molar-refractivity contribution in [3.63, 3.8) is 0 Å². The summed E-state index contributed by atoms with van der Waals surface area (Å²) in [4.78, 5) is 8.40. The van der Waals surface area contributed by atoms with E-state index in [1.54, 1.807) is 0 Å².